The summed E-state index contributed by atoms with van der Waals surface area (Å²) in [6.45, 7) is 0. The van der Waals surface area contributed by atoms with Gasteiger partial charge in [-0.1, -0.05) is 66.7 Å². The van der Waals surface area contributed by atoms with Crippen molar-refractivity contribution < 1.29 is 4.74 Å². The molecule has 3 aromatic carbocycles. The van der Waals surface area contributed by atoms with Gasteiger partial charge in [-0.05, 0) is 34.0 Å². The zero-order chi connectivity index (χ0) is 13.8. The second kappa shape index (κ2) is 5.62. The SMILES string of the molecule is COc1ccc(/C=C/c2cccc3ccccc23)cc1. The highest BCUT2D eigenvalue weighted by molar-refractivity contribution is 5.92. The second-order valence-corrected chi connectivity index (χ2v) is 4.67. The van der Waals surface area contributed by atoms with Crippen LogP contribution in [0.2, 0.25) is 0 Å². The van der Waals surface area contributed by atoms with E-state index < -0.39 is 0 Å². The van der Waals surface area contributed by atoms with Gasteiger partial charge in [-0.25, -0.2) is 0 Å². The van der Waals surface area contributed by atoms with Gasteiger partial charge in [0.2, 0.25) is 0 Å². The standard InChI is InChI=1S/C19H16O/c1-20-18-13-10-15(11-14-18)9-12-17-7-4-6-16-5-2-3-8-19(16)17/h2-14H,1H3/b12-9+. The summed E-state index contributed by atoms with van der Waals surface area (Å²) in [5, 5.41) is 2.55. The summed E-state index contributed by atoms with van der Waals surface area (Å²) >= 11 is 0. The van der Waals surface area contributed by atoms with E-state index in [0.29, 0.717) is 0 Å². The van der Waals surface area contributed by atoms with Gasteiger partial charge < -0.3 is 4.74 Å². The minimum Gasteiger partial charge on any atom is -0.497 e. The van der Waals surface area contributed by atoms with E-state index in [0.717, 1.165) is 5.75 Å². The lowest BCUT2D eigenvalue weighted by atomic mass is 10.0. The van der Waals surface area contributed by atoms with Crippen LogP contribution < -0.4 is 4.74 Å². The molecule has 0 spiro atoms. The highest BCUT2D eigenvalue weighted by atomic mass is 16.5. The van der Waals surface area contributed by atoms with Crippen LogP contribution in [0.25, 0.3) is 22.9 Å². The van der Waals surface area contributed by atoms with Crippen molar-refractivity contribution in [2.24, 2.45) is 0 Å². The molecule has 0 saturated heterocycles. The maximum atomic E-state index is 5.17. The zero-order valence-corrected chi connectivity index (χ0v) is 11.4. The van der Waals surface area contributed by atoms with Crippen molar-refractivity contribution >= 4 is 22.9 Å². The third kappa shape index (κ3) is 2.57. The van der Waals surface area contributed by atoms with Gasteiger partial charge in [-0.15, -0.1) is 0 Å². The third-order valence-corrected chi connectivity index (χ3v) is 3.39. The first-order valence-electron chi connectivity index (χ1n) is 6.67. The highest BCUT2D eigenvalue weighted by Crippen LogP contribution is 2.21. The molecule has 0 aliphatic heterocycles. The minimum atomic E-state index is 0.882. The Balaban J connectivity index is 1.93. The van der Waals surface area contributed by atoms with Gasteiger partial charge >= 0.3 is 0 Å². The summed E-state index contributed by atoms with van der Waals surface area (Å²) in [4.78, 5) is 0. The Kier molecular flexibility index (Phi) is 3.51. The summed E-state index contributed by atoms with van der Waals surface area (Å²) in [6.07, 6.45) is 4.28. The molecule has 1 nitrogen and oxygen atoms in total. The van der Waals surface area contributed by atoms with E-state index in [1.807, 2.05) is 12.1 Å². The molecule has 0 fully saturated rings. The van der Waals surface area contributed by atoms with Gasteiger partial charge in [0.15, 0.2) is 0 Å². The van der Waals surface area contributed by atoms with Crippen LogP contribution in [0.15, 0.2) is 66.7 Å². The van der Waals surface area contributed by atoms with E-state index >= 15 is 0 Å². The lowest BCUT2D eigenvalue weighted by molar-refractivity contribution is 0.415. The Morgan fingerprint density at radius 2 is 1.50 bits per heavy atom. The van der Waals surface area contributed by atoms with Crippen molar-refractivity contribution in [2.45, 2.75) is 0 Å². The fourth-order valence-corrected chi connectivity index (χ4v) is 2.30. The van der Waals surface area contributed by atoms with E-state index in [4.69, 9.17) is 4.74 Å². The topological polar surface area (TPSA) is 9.23 Å². The van der Waals surface area contributed by atoms with Crippen LogP contribution in [-0.2, 0) is 0 Å². The van der Waals surface area contributed by atoms with E-state index in [9.17, 15) is 0 Å². The molecule has 0 bridgehead atoms. The summed E-state index contributed by atoms with van der Waals surface area (Å²) in [7, 11) is 1.68. The number of hydrogen-bond acceptors (Lipinski definition) is 1. The lowest BCUT2D eigenvalue weighted by Gasteiger charge is -2.02. The Morgan fingerprint density at radius 3 is 2.30 bits per heavy atom. The average molecular weight is 260 g/mol. The van der Waals surface area contributed by atoms with Crippen LogP contribution in [0.3, 0.4) is 0 Å². The quantitative estimate of drug-likeness (QED) is 0.601. The van der Waals surface area contributed by atoms with E-state index in [-0.39, 0.29) is 0 Å². The smallest absolute Gasteiger partial charge is 0.118 e. The fourth-order valence-electron chi connectivity index (χ4n) is 2.30. The Labute approximate surface area is 119 Å². The Bertz CT molecular complexity index is 734. The maximum absolute atomic E-state index is 5.17. The molecule has 0 aliphatic rings. The molecule has 0 aliphatic carbocycles. The number of ether oxygens (including phenoxy) is 1. The fraction of sp³-hybridized carbons (Fsp3) is 0.0526. The van der Waals surface area contributed by atoms with Crippen molar-refractivity contribution in [1.82, 2.24) is 0 Å². The van der Waals surface area contributed by atoms with Crippen molar-refractivity contribution in [3.8, 4) is 5.75 Å². The van der Waals surface area contributed by atoms with Gasteiger partial charge in [-0.2, -0.15) is 0 Å². The molecule has 98 valence electrons. The third-order valence-electron chi connectivity index (χ3n) is 3.39. The largest absolute Gasteiger partial charge is 0.497 e. The Hall–Kier alpha value is -2.54. The van der Waals surface area contributed by atoms with Crippen LogP contribution in [0.4, 0.5) is 0 Å². The number of rotatable bonds is 3. The summed E-state index contributed by atoms with van der Waals surface area (Å²) in [5.74, 6) is 0.882. The van der Waals surface area contributed by atoms with Crippen molar-refractivity contribution in [3.05, 3.63) is 77.9 Å². The normalized spacial score (nSPS) is 11.1. The molecule has 3 aromatic rings. The van der Waals surface area contributed by atoms with Gasteiger partial charge in [0, 0.05) is 0 Å². The van der Waals surface area contributed by atoms with Crippen LogP contribution in [0.1, 0.15) is 11.1 Å². The van der Waals surface area contributed by atoms with Crippen molar-refractivity contribution in [1.29, 1.82) is 0 Å². The van der Waals surface area contributed by atoms with Crippen LogP contribution in [-0.4, -0.2) is 7.11 Å². The van der Waals surface area contributed by atoms with Crippen LogP contribution >= 0.6 is 0 Å². The minimum absolute atomic E-state index is 0.882. The van der Waals surface area contributed by atoms with E-state index in [1.165, 1.54) is 21.9 Å². The molecule has 0 heterocycles. The van der Waals surface area contributed by atoms with E-state index in [1.54, 1.807) is 7.11 Å². The number of methoxy groups -OCH3 is 1. The predicted molar refractivity (Wildman–Crippen MR) is 85.9 cm³/mol. The first kappa shape index (κ1) is 12.5. The van der Waals surface area contributed by atoms with Crippen LogP contribution in [0, 0.1) is 0 Å². The van der Waals surface area contributed by atoms with Gasteiger partial charge in [-0.3, -0.25) is 0 Å². The molecule has 0 aromatic heterocycles. The van der Waals surface area contributed by atoms with Gasteiger partial charge in [0.25, 0.3) is 0 Å². The summed E-state index contributed by atoms with van der Waals surface area (Å²) in [5.41, 5.74) is 2.40. The molecule has 3 rings (SSSR count). The zero-order valence-electron chi connectivity index (χ0n) is 11.4. The molecule has 0 atom stereocenters. The number of hydrogen-bond donors (Lipinski definition) is 0. The van der Waals surface area contributed by atoms with Gasteiger partial charge in [0.05, 0.1) is 7.11 Å². The van der Waals surface area contributed by atoms with Crippen LogP contribution in [0.5, 0.6) is 5.75 Å². The molecular formula is C19H16O. The molecule has 0 saturated carbocycles. The first-order chi connectivity index (χ1) is 9.86. The predicted octanol–water partition coefficient (Wildman–Crippen LogP) is 5.02. The molecule has 0 unspecified atom stereocenters. The summed E-state index contributed by atoms with van der Waals surface area (Å²) < 4.78 is 5.17. The molecule has 0 amide bonds. The lowest BCUT2D eigenvalue weighted by Crippen LogP contribution is -1.81. The Morgan fingerprint density at radius 1 is 0.750 bits per heavy atom. The molecule has 0 radical (unpaired) electrons. The summed E-state index contributed by atoms with van der Waals surface area (Å²) in [6, 6.07) is 22.9. The second-order valence-electron chi connectivity index (χ2n) is 4.67. The molecule has 20 heavy (non-hydrogen) atoms. The molecular weight excluding hydrogens is 244 g/mol. The van der Waals surface area contributed by atoms with Crippen molar-refractivity contribution in [3.63, 3.8) is 0 Å². The maximum Gasteiger partial charge on any atom is 0.118 e. The molecule has 1 heteroatoms. The number of benzene rings is 3. The monoisotopic (exact) mass is 260 g/mol. The molecule has 0 N–H and O–H groups in total. The average Bonchev–Trinajstić information content (AvgIpc) is 2.53. The first-order valence-corrected chi connectivity index (χ1v) is 6.67. The van der Waals surface area contributed by atoms with E-state index in [2.05, 4.69) is 66.7 Å². The van der Waals surface area contributed by atoms with Gasteiger partial charge in [0.1, 0.15) is 5.75 Å². The highest BCUT2D eigenvalue weighted by Gasteiger charge is 1.96. The van der Waals surface area contributed by atoms with Crippen molar-refractivity contribution in [2.75, 3.05) is 7.11 Å². The number of fused-ring (bicyclic) bond motifs is 1.